The van der Waals surface area contributed by atoms with Crippen molar-refractivity contribution in [2.24, 2.45) is 0 Å². The van der Waals surface area contributed by atoms with E-state index >= 15 is 0 Å². The SMILES string of the molecule is CS(=O)(=O)CCC(NC(=O)NC1CCCSC1)C(=O)O. The quantitative estimate of drug-likeness (QED) is 0.637. The Balaban J connectivity index is 2.43. The molecule has 9 heteroatoms. The van der Waals surface area contributed by atoms with Crippen LogP contribution < -0.4 is 10.6 Å². The fraction of sp³-hybridized carbons (Fsp3) is 0.818. The van der Waals surface area contributed by atoms with Crippen LogP contribution in [0.15, 0.2) is 0 Å². The normalized spacial score (nSPS) is 20.9. The molecule has 1 heterocycles. The second kappa shape index (κ2) is 7.72. The molecule has 1 rings (SSSR count). The van der Waals surface area contributed by atoms with Crippen molar-refractivity contribution in [2.45, 2.75) is 31.3 Å². The van der Waals surface area contributed by atoms with E-state index in [1.165, 1.54) is 0 Å². The number of amides is 2. The fourth-order valence-corrected chi connectivity index (χ4v) is 3.57. The van der Waals surface area contributed by atoms with Crippen LogP contribution in [0, 0.1) is 0 Å². The van der Waals surface area contributed by atoms with Crippen molar-refractivity contribution in [3.8, 4) is 0 Å². The van der Waals surface area contributed by atoms with Crippen LogP contribution in [-0.2, 0) is 14.6 Å². The lowest BCUT2D eigenvalue weighted by Gasteiger charge is -2.23. The molecule has 1 fully saturated rings. The Bertz CT molecular complexity index is 446. The second-order valence-electron chi connectivity index (χ2n) is 4.84. The predicted molar refractivity (Wildman–Crippen MR) is 77.8 cm³/mol. The fourth-order valence-electron chi connectivity index (χ4n) is 1.83. The lowest BCUT2D eigenvalue weighted by molar-refractivity contribution is -0.139. The van der Waals surface area contributed by atoms with Crippen LogP contribution in [-0.4, -0.2) is 61.1 Å². The number of carbonyl (C=O) groups excluding carboxylic acids is 1. The standard InChI is InChI=1S/C11H20N2O5S2/c1-20(17,18)6-4-9(10(14)15)13-11(16)12-8-3-2-5-19-7-8/h8-9H,2-7H2,1H3,(H,14,15)(H2,12,13,16). The first kappa shape index (κ1) is 17.1. The maximum atomic E-state index is 11.7. The first-order chi connectivity index (χ1) is 9.28. The zero-order valence-corrected chi connectivity index (χ0v) is 12.9. The third kappa shape index (κ3) is 6.99. The van der Waals surface area contributed by atoms with E-state index in [1.54, 1.807) is 11.8 Å². The van der Waals surface area contributed by atoms with Gasteiger partial charge in [0.1, 0.15) is 15.9 Å². The number of hydrogen-bond donors (Lipinski definition) is 3. The number of carbonyl (C=O) groups is 2. The summed E-state index contributed by atoms with van der Waals surface area (Å²) in [5, 5.41) is 14.0. The van der Waals surface area contributed by atoms with Gasteiger partial charge in [-0.15, -0.1) is 0 Å². The molecule has 0 aromatic heterocycles. The number of carboxylic acid groups (broad SMARTS) is 1. The monoisotopic (exact) mass is 324 g/mol. The molecule has 0 spiro atoms. The molecule has 1 aliphatic heterocycles. The van der Waals surface area contributed by atoms with Gasteiger partial charge in [0.25, 0.3) is 0 Å². The van der Waals surface area contributed by atoms with Gasteiger partial charge in [0.2, 0.25) is 0 Å². The zero-order chi connectivity index (χ0) is 15.2. The molecule has 0 aliphatic carbocycles. The summed E-state index contributed by atoms with van der Waals surface area (Å²) in [5.74, 6) is 0.381. The minimum Gasteiger partial charge on any atom is -0.480 e. The molecule has 1 aliphatic rings. The number of carboxylic acids is 1. The Morgan fingerprint density at radius 3 is 2.65 bits per heavy atom. The van der Waals surface area contributed by atoms with Crippen molar-refractivity contribution in [1.82, 2.24) is 10.6 Å². The van der Waals surface area contributed by atoms with Gasteiger partial charge in [-0.2, -0.15) is 11.8 Å². The lowest BCUT2D eigenvalue weighted by atomic mass is 10.2. The van der Waals surface area contributed by atoms with E-state index in [0.29, 0.717) is 0 Å². The Kier molecular flexibility index (Phi) is 6.60. The topological polar surface area (TPSA) is 113 Å². The number of nitrogens with one attached hydrogen (secondary N) is 2. The molecule has 116 valence electrons. The number of urea groups is 1. The number of hydrogen-bond acceptors (Lipinski definition) is 5. The second-order valence-corrected chi connectivity index (χ2v) is 8.25. The minimum absolute atomic E-state index is 0.0399. The number of thioether (sulfide) groups is 1. The van der Waals surface area contributed by atoms with E-state index in [1.807, 2.05) is 0 Å². The van der Waals surface area contributed by atoms with Crippen LogP contribution in [0.4, 0.5) is 4.79 Å². The van der Waals surface area contributed by atoms with E-state index in [9.17, 15) is 18.0 Å². The lowest BCUT2D eigenvalue weighted by Crippen LogP contribution is -2.50. The van der Waals surface area contributed by atoms with Crippen LogP contribution in [0.1, 0.15) is 19.3 Å². The van der Waals surface area contributed by atoms with Crippen LogP contribution in [0.25, 0.3) is 0 Å². The molecule has 0 bridgehead atoms. The Hall–Kier alpha value is -0.960. The first-order valence-electron chi connectivity index (χ1n) is 6.33. The highest BCUT2D eigenvalue weighted by atomic mass is 32.2. The van der Waals surface area contributed by atoms with Gasteiger partial charge in [-0.3, -0.25) is 0 Å². The van der Waals surface area contributed by atoms with E-state index in [0.717, 1.165) is 30.6 Å². The highest BCUT2D eigenvalue weighted by Crippen LogP contribution is 2.16. The van der Waals surface area contributed by atoms with Crippen LogP contribution in [0.5, 0.6) is 0 Å². The summed E-state index contributed by atoms with van der Waals surface area (Å²) in [4.78, 5) is 22.7. The molecular weight excluding hydrogens is 304 g/mol. The van der Waals surface area contributed by atoms with Gasteiger partial charge in [0, 0.05) is 18.1 Å². The van der Waals surface area contributed by atoms with Gasteiger partial charge in [-0.05, 0) is 25.0 Å². The molecule has 0 aromatic carbocycles. The largest absolute Gasteiger partial charge is 0.480 e. The van der Waals surface area contributed by atoms with Gasteiger partial charge in [-0.25, -0.2) is 18.0 Å². The molecule has 0 radical (unpaired) electrons. The van der Waals surface area contributed by atoms with Crippen molar-refractivity contribution < 1.29 is 23.1 Å². The van der Waals surface area contributed by atoms with Crippen molar-refractivity contribution in [3.63, 3.8) is 0 Å². The molecule has 0 aromatic rings. The number of sulfone groups is 1. The molecule has 2 atom stereocenters. The Morgan fingerprint density at radius 1 is 1.45 bits per heavy atom. The Morgan fingerprint density at radius 2 is 2.15 bits per heavy atom. The molecule has 2 amide bonds. The number of aliphatic carboxylic acids is 1. The third-order valence-corrected chi connectivity index (χ3v) is 5.07. The summed E-state index contributed by atoms with van der Waals surface area (Å²) >= 11 is 1.75. The third-order valence-electron chi connectivity index (χ3n) is 2.88. The minimum atomic E-state index is -3.25. The van der Waals surface area contributed by atoms with Gasteiger partial charge in [0.05, 0.1) is 5.75 Å². The van der Waals surface area contributed by atoms with Crippen molar-refractivity contribution in [2.75, 3.05) is 23.5 Å². The van der Waals surface area contributed by atoms with Gasteiger partial charge < -0.3 is 15.7 Å². The molecular formula is C11H20N2O5S2. The summed E-state index contributed by atoms with van der Waals surface area (Å²) in [5.41, 5.74) is 0. The summed E-state index contributed by atoms with van der Waals surface area (Å²) in [6.45, 7) is 0. The van der Waals surface area contributed by atoms with E-state index in [2.05, 4.69) is 10.6 Å². The maximum absolute atomic E-state index is 11.7. The van der Waals surface area contributed by atoms with Crippen LogP contribution >= 0.6 is 11.8 Å². The zero-order valence-electron chi connectivity index (χ0n) is 11.3. The van der Waals surface area contributed by atoms with E-state index in [4.69, 9.17) is 5.11 Å². The molecule has 0 saturated carbocycles. The van der Waals surface area contributed by atoms with Gasteiger partial charge in [-0.1, -0.05) is 0 Å². The molecule has 7 nitrogen and oxygen atoms in total. The smallest absolute Gasteiger partial charge is 0.326 e. The average Bonchev–Trinajstić information content (AvgIpc) is 2.34. The molecule has 3 N–H and O–H groups in total. The Labute approximate surface area is 122 Å². The summed E-state index contributed by atoms with van der Waals surface area (Å²) in [6, 6.07) is -1.71. The van der Waals surface area contributed by atoms with Crippen molar-refractivity contribution >= 4 is 33.6 Å². The van der Waals surface area contributed by atoms with Crippen molar-refractivity contribution in [3.05, 3.63) is 0 Å². The summed E-state index contributed by atoms with van der Waals surface area (Å²) in [6.07, 6.45) is 2.79. The molecule has 20 heavy (non-hydrogen) atoms. The van der Waals surface area contributed by atoms with Gasteiger partial charge >= 0.3 is 12.0 Å². The van der Waals surface area contributed by atoms with Crippen LogP contribution in [0.2, 0.25) is 0 Å². The maximum Gasteiger partial charge on any atom is 0.326 e. The summed E-state index contributed by atoms with van der Waals surface area (Å²) in [7, 11) is -3.25. The van der Waals surface area contributed by atoms with E-state index < -0.39 is 27.9 Å². The predicted octanol–water partition coefficient (Wildman–Crippen LogP) is 0.0691. The van der Waals surface area contributed by atoms with E-state index in [-0.39, 0.29) is 18.2 Å². The first-order valence-corrected chi connectivity index (χ1v) is 9.55. The average molecular weight is 324 g/mol. The van der Waals surface area contributed by atoms with Gasteiger partial charge in [0.15, 0.2) is 0 Å². The van der Waals surface area contributed by atoms with Crippen molar-refractivity contribution in [1.29, 1.82) is 0 Å². The molecule has 1 saturated heterocycles. The highest BCUT2D eigenvalue weighted by Gasteiger charge is 2.23. The molecule has 2 unspecified atom stereocenters. The highest BCUT2D eigenvalue weighted by molar-refractivity contribution is 7.99. The summed E-state index contributed by atoms with van der Waals surface area (Å²) < 4.78 is 22.1. The number of rotatable bonds is 6. The van der Waals surface area contributed by atoms with Crippen LogP contribution in [0.3, 0.4) is 0 Å².